The fourth-order valence-electron chi connectivity index (χ4n) is 1.89. The molecule has 0 saturated carbocycles. The van der Waals surface area contributed by atoms with Crippen molar-refractivity contribution in [3.63, 3.8) is 0 Å². The summed E-state index contributed by atoms with van der Waals surface area (Å²) < 4.78 is 0. The number of hydrogen-bond acceptors (Lipinski definition) is 3. The molecule has 1 aromatic rings. The predicted octanol–water partition coefficient (Wildman–Crippen LogP) is 1.45. The average Bonchev–Trinajstić information content (AvgIpc) is 2.29. The molecule has 2 rings (SSSR count). The molecule has 1 aromatic carbocycles. The largest absolute Gasteiger partial charge is 0.478 e. The van der Waals surface area contributed by atoms with E-state index in [0.717, 1.165) is 26.2 Å². The van der Waals surface area contributed by atoms with Crippen molar-refractivity contribution in [3.8, 4) is 0 Å². The van der Waals surface area contributed by atoms with Crippen molar-refractivity contribution in [2.24, 2.45) is 0 Å². The topological polar surface area (TPSA) is 52.6 Å². The van der Waals surface area contributed by atoms with Crippen molar-refractivity contribution >= 4 is 23.3 Å². The molecular formula is C11H13ClN2O2. The predicted molar refractivity (Wildman–Crippen MR) is 63.5 cm³/mol. The Morgan fingerprint density at radius 2 is 2.06 bits per heavy atom. The molecule has 0 amide bonds. The smallest absolute Gasteiger partial charge is 0.339 e. The molecule has 0 aromatic heterocycles. The molecule has 86 valence electrons. The van der Waals surface area contributed by atoms with Gasteiger partial charge in [0.1, 0.15) is 5.56 Å². The number of carboxylic acid groups (broad SMARTS) is 1. The molecule has 1 heterocycles. The summed E-state index contributed by atoms with van der Waals surface area (Å²) in [6.07, 6.45) is 0. The fourth-order valence-corrected chi connectivity index (χ4v) is 2.14. The summed E-state index contributed by atoms with van der Waals surface area (Å²) in [6, 6.07) is 5.20. The highest BCUT2D eigenvalue weighted by Crippen LogP contribution is 2.27. The first kappa shape index (κ1) is 11.2. The van der Waals surface area contributed by atoms with Crippen LogP contribution in [-0.4, -0.2) is 37.3 Å². The number of nitrogens with zero attached hydrogens (tertiary/aromatic N) is 1. The summed E-state index contributed by atoms with van der Waals surface area (Å²) in [7, 11) is 0. The molecule has 1 fully saturated rings. The second kappa shape index (κ2) is 4.72. The van der Waals surface area contributed by atoms with Crippen LogP contribution in [0.1, 0.15) is 10.4 Å². The molecule has 4 nitrogen and oxygen atoms in total. The van der Waals surface area contributed by atoms with E-state index >= 15 is 0 Å². The lowest BCUT2D eigenvalue weighted by atomic mass is 10.1. The summed E-state index contributed by atoms with van der Waals surface area (Å²) in [5.41, 5.74) is 0.910. The van der Waals surface area contributed by atoms with Gasteiger partial charge in [-0.05, 0) is 12.1 Å². The van der Waals surface area contributed by atoms with Crippen LogP contribution < -0.4 is 10.2 Å². The van der Waals surface area contributed by atoms with Crippen molar-refractivity contribution in [2.75, 3.05) is 31.1 Å². The van der Waals surface area contributed by atoms with Gasteiger partial charge in [-0.1, -0.05) is 17.7 Å². The van der Waals surface area contributed by atoms with E-state index in [4.69, 9.17) is 16.7 Å². The van der Waals surface area contributed by atoms with Gasteiger partial charge in [-0.3, -0.25) is 0 Å². The summed E-state index contributed by atoms with van der Waals surface area (Å²) >= 11 is 5.92. The fraction of sp³-hybridized carbons (Fsp3) is 0.364. The van der Waals surface area contributed by atoms with E-state index in [0.29, 0.717) is 10.7 Å². The highest BCUT2D eigenvalue weighted by molar-refractivity contribution is 6.34. The summed E-state index contributed by atoms with van der Waals surface area (Å²) in [4.78, 5) is 13.2. The van der Waals surface area contributed by atoms with Gasteiger partial charge in [-0.2, -0.15) is 0 Å². The van der Waals surface area contributed by atoms with Crippen LogP contribution in [-0.2, 0) is 0 Å². The molecule has 2 N–H and O–H groups in total. The number of aromatic carboxylic acids is 1. The number of halogens is 1. The Morgan fingerprint density at radius 1 is 1.38 bits per heavy atom. The Kier molecular flexibility index (Phi) is 3.31. The third kappa shape index (κ3) is 2.13. The molecule has 1 saturated heterocycles. The van der Waals surface area contributed by atoms with Crippen LogP contribution in [0.3, 0.4) is 0 Å². The summed E-state index contributed by atoms with van der Waals surface area (Å²) in [6.45, 7) is 3.35. The Balaban J connectivity index is 2.38. The van der Waals surface area contributed by atoms with Gasteiger partial charge in [0.25, 0.3) is 0 Å². The normalized spacial score (nSPS) is 16.2. The lowest BCUT2D eigenvalue weighted by Crippen LogP contribution is -2.44. The van der Waals surface area contributed by atoms with Gasteiger partial charge in [0.2, 0.25) is 0 Å². The number of benzene rings is 1. The molecule has 0 aliphatic carbocycles. The highest BCUT2D eigenvalue weighted by Gasteiger charge is 2.20. The Labute approximate surface area is 98.8 Å². The van der Waals surface area contributed by atoms with Crippen molar-refractivity contribution in [2.45, 2.75) is 0 Å². The third-order valence-corrected chi connectivity index (χ3v) is 2.98. The molecule has 1 aliphatic rings. The van der Waals surface area contributed by atoms with Gasteiger partial charge in [0.15, 0.2) is 0 Å². The second-order valence-electron chi connectivity index (χ2n) is 3.68. The first-order chi connectivity index (χ1) is 7.70. The number of anilines is 1. The zero-order valence-corrected chi connectivity index (χ0v) is 9.50. The van der Waals surface area contributed by atoms with E-state index in [1.807, 2.05) is 4.90 Å². The zero-order valence-electron chi connectivity index (χ0n) is 8.74. The van der Waals surface area contributed by atoms with E-state index in [1.54, 1.807) is 18.2 Å². The monoisotopic (exact) mass is 240 g/mol. The van der Waals surface area contributed by atoms with Crippen LogP contribution >= 0.6 is 11.6 Å². The van der Waals surface area contributed by atoms with E-state index in [2.05, 4.69) is 5.32 Å². The Morgan fingerprint density at radius 3 is 2.69 bits per heavy atom. The SMILES string of the molecule is O=C(O)c1c(Cl)cccc1N1CCNCC1. The van der Waals surface area contributed by atoms with Crippen molar-refractivity contribution in [1.82, 2.24) is 5.32 Å². The van der Waals surface area contributed by atoms with Crippen molar-refractivity contribution < 1.29 is 9.90 Å². The Bertz CT molecular complexity index is 403. The van der Waals surface area contributed by atoms with Crippen LogP contribution in [0.5, 0.6) is 0 Å². The zero-order chi connectivity index (χ0) is 11.5. The number of nitrogens with one attached hydrogen (secondary N) is 1. The molecule has 1 aliphatic heterocycles. The first-order valence-corrected chi connectivity index (χ1v) is 5.55. The van der Waals surface area contributed by atoms with Gasteiger partial charge in [0, 0.05) is 26.2 Å². The standard InChI is InChI=1S/C11H13ClN2O2/c12-8-2-1-3-9(10(8)11(15)16)14-6-4-13-5-7-14/h1-3,13H,4-7H2,(H,15,16). The van der Waals surface area contributed by atoms with Crippen molar-refractivity contribution in [1.29, 1.82) is 0 Å². The van der Waals surface area contributed by atoms with Gasteiger partial charge in [-0.15, -0.1) is 0 Å². The van der Waals surface area contributed by atoms with Gasteiger partial charge in [-0.25, -0.2) is 4.79 Å². The van der Waals surface area contributed by atoms with E-state index in [9.17, 15) is 4.79 Å². The highest BCUT2D eigenvalue weighted by atomic mass is 35.5. The summed E-state index contributed by atoms with van der Waals surface area (Å²) in [5, 5.41) is 12.7. The average molecular weight is 241 g/mol. The lowest BCUT2D eigenvalue weighted by molar-refractivity contribution is 0.0697. The minimum Gasteiger partial charge on any atom is -0.478 e. The first-order valence-electron chi connectivity index (χ1n) is 5.17. The van der Waals surface area contributed by atoms with E-state index in [1.165, 1.54) is 0 Å². The molecule has 0 unspecified atom stereocenters. The van der Waals surface area contributed by atoms with Crippen molar-refractivity contribution in [3.05, 3.63) is 28.8 Å². The van der Waals surface area contributed by atoms with E-state index in [-0.39, 0.29) is 5.56 Å². The quantitative estimate of drug-likeness (QED) is 0.822. The van der Waals surface area contributed by atoms with Gasteiger partial charge in [0.05, 0.1) is 10.7 Å². The van der Waals surface area contributed by atoms with Gasteiger partial charge < -0.3 is 15.3 Å². The maximum Gasteiger partial charge on any atom is 0.339 e. The molecule has 0 spiro atoms. The van der Waals surface area contributed by atoms with Crippen LogP contribution in [0.4, 0.5) is 5.69 Å². The van der Waals surface area contributed by atoms with Crippen LogP contribution in [0.25, 0.3) is 0 Å². The number of carboxylic acids is 1. The number of rotatable bonds is 2. The number of carbonyl (C=O) groups is 1. The second-order valence-corrected chi connectivity index (χ2v) is 4.08. The van der Waals surface area contributed by atoms with Crippen LogP contribution in [0.2, 0.25) is 5.02 Å². The van der Waals surface area contributed by atoms with E-state index < -0.39 is 5.97 Å². The molecular weight excluding hydrogens is 228 g/mol. The lowest BCUT2D eigenvalue weighted by Gasteiger charge is -2.30. The summed E-state index contributed by atoms with van der Waals surface area (Å²) in [5.74, 6) is -0.973. The third-order valence-electron chi connectivity index (χ3n) is 2.66. The maximum atomic E-state index is 11.2. The Hall–Kier alpha value is -1.26. The van der Waals surface area contributed by atoms with Crippen LogP contribution in [0, 0.1) is 0 Å². The minimum absolute atomic E-state index is 0.200. The molecule has 0 radical (unpaired) electrons. The number of piperazine rings is 1. The maximum absolute atomic E-state index is 11.2. The molecule has 0 atom stereocenters. The van der Waals surface area contributed by atoms with Crippen LogP contribution in [0.15, 0.2) is 18.2 Å². The minimum atomic E-state index is -0.973. The molecule has 5 heteroatoms. The van der Waals surface area contributed by atoms with Gasteiger partial charge >= 0.3 is 5.97 Å². The molecule has 0 bridgehead atoms. The number of hydrogen-bond donors (Lipinski definition) is 2. The molecule has 16 heavy (non-hydrogen) atoms.